The first-order valence-electron chi connectivity index (χ1n) is 9.29. The summed E-state index contributed by atoms with van der Waals surface area (Å²) < 4.78 is 39.3. The van der Waals surface area contributed by atoms with E-state index in [1.165, 1.54) is 15.6 Å². The first kappa shape index (κ1) is 21.6. The highest BCUT2D eigenvalue weighted by Gasteiger charge is 2.40. The highest BCUT2D eigenvalue weighted by Crippen LogP contribution is 2.37. The number of methoxy groups -OCH3 is 1. The van der Waals surface area contributed by atoms with Crippen LogP contribution in [0.1, 0.15) is 32.4 Å². The number of para-hydroxylation sites is 1. The number of carbonyl (C=O) groups excluding carboxylic acids is 1. The van der Waals surface area contributed by atoms with Crippen LogP contribution in [0.5, 0.6) is 5.75 Å². The van der Waals surface area contributed by atoms with E-state index in [-0.39, 0.29) is 23.8 Å². The first-order valence-corrected chi connectivity index (χ1v) is 11.6. The molecule has 9 heteroatoms. The third-order valence-corrected chi connectivity index (χ3v) is 7.82. The summed E-state index contributed by atoms with van der Waals surface area (Å²) in [7, 11) is -2.16. The number of benzene rings is 1. The van der Waals surface area contributed by atoms with Crippen molar-refractivity contribution in [3.63, 3.8) is 0 Å². The Morgan fingerprint density at radius 3 is 2.48 bits per heavy atom. The van der Waals surface area contributed by atoms with Gasteiger partial charge in [0.1, 0.15) is 15.6 Å². The van der Waals surface area contributed by atoms with Crippen molar-refractivity contribution in [3.05, 3.63) is 47.3 Å². The maximum atomic E-state index is 13.3. The maximum Gasteiger partial charge on any atom is 0.410 e. The lowest BCUT2D eigenvalue weighted by molar-refractivity contribution is 0.0129. The van der Waals surface area contributed by atoms with Crippen molar-refractivity contribution in [2.75, 3.05) is 26.7 Å². The van der Waals surface area contributed by atoms with E-state index in [2.05, 4.69) is 0 Å². The number of carbonyl (C=O) groups is 1. The monoisotopic (exact) mass is 438 g/mol. The molecule has 1 atom stereocenters. The normalized spacial score (nSPS) is 18.5. The van der Waals surface area contributed by atoms with Gasteiger partial charge in [-0.1, -0.05) is 24.3 Å². The predicted molar refractivity (Wildman–Crippen MR) is 112 cm³/mol. The number of hydrogen-bond donors (Lipinski definition) is 0. The summed E-state index contributed by atoms with van der Waals surface area (Å²) in [5.74, 6) is 0.579. The van der Waals surface area contributed by atoms with Crippen molar-refractivity contribution < 1.29 is 22.7 Å². The minimum absolute atomic E-state index is 0.169. The molecule has 2 heterocycles. The highest BCUT2D eigenvalue weighted by molar-refractivity contribution is 7.91. The molecular weight excluding hydrogens is 412 g/mol. The van der Waals surface area contributed by atoms with Crippen molar-refractivity contribution >= 4 is 27.5 Å². The molecule has 158 valence electrons. The molecule has 3 rings (SSSR count). The molecule has 1 saturated heterocycles. The lowest BCUT2D eigenvalue weighted by atomic mass is 10.0. The fraction of sp³-hybridized carbons (Fsp3) is 0.450. The van der Waals surface area contributed by atoms with Crippen molar-refractivity contribution in [1.82, 2.24) is 9.21 Å². The van der Waals surface area contributed by atoms with Gasteiger partial charge in [-0.05, 0) is 38.3 Å². The summed E-state index contributed by atoms with van der Waals surface area (Å²) in [6.07, 6.45) is -0.453. The highest BCUT2D eigenvalue weighted by atomic mass is 32.2. The molecule has 1 aliphatic rings. The van der Waals surface area contributed by atoms with Crippen LogP contribution in [0.2, 0.25) is 0 Å². The number of piperazine rings is 1. The van der Waals surface area contributed by atoms with E-state index in [1.54, 1.807) is 56.4 Å². The van der Waals surface area contributed by atoms with Crippen LogP contribution >= 0.6 is 11.3 Å². The van der Waals surface area contributed by atoms with Gasteiger partial charge in [0.15, 0.2) is 0 Å². The Kier molecular flexibility index (Phi) is 6.21. The summed E-state index contributed by atoms with van der Waals surface area (Å²) in [6.45, 7) is 6.02. The molecule has 0 radical (unpaired) electrons. The molecule has 0 spiro atoms. The molecule has 1 aromatic heterocycles. The van der Waals surface area contributed by atoms with Crippen LogP contribution in [0.3, 0.4) is 0 Å². The average molecular weight is 439 g/mol. The summed E-state index contributed by atoms with van der Waals surface area (Å²) >= 11 is 1.18. The third kappa shape index (κ3) is 4.73. The van der Waals surface area contributed by atoms with E-state index >= 15 is 0 Å². The number of sulfonamides is 1. The molecular formula is C20H26N2O5S2. The van der Waals surface area contributed by atoms with Gasteiger partial charge in [-0.3, -0.25) is 0 Å². The topological polar surface area (TPSA) is 76.2 Å². The minimum atomic E-state index is -3.71. The molecule has 7 nitrogen and oxygen atoms in total. The summed E-state index contributed by atoms with van der Waals surface area (Å²) in [6, 6.07) is 10.0. The van der Waals surface area contributed by atoms with Crippen LogP contribution < -0.4 is 4.74 Å². The van der Waals surface area contributed by atoms with Crippen LogP contribution in [-0.2, 0) is 14.8 Å². The van der Waals surface area contributed by atoms with Crippen molar-refractivity contribution in [3.8, 4) is 5.75 Å². The first-order chi connectivity index (χ1) is 13.6. The number of thiophene rings is 1. The predicted octanol–water partition coefficient (Wildman–Crippen LogP) is 3.74. The van der Waals surface area contributed by atoms with Crippen LogP contribution in [-0.4, -0.2) is 56.1 Å². The second-order valence-electron chi connectivity index (χ2n) is 7.73. The van der Waals surface area contributed by atoms with Crippen molar-refractivity contribution in [2.45, 2.75) is 36.6 Å². The van der Waals surface area contributed by atoms with E-state index in [4.69, 9.17) is 9.47 Å². The van der Waals surface area contributed by atoms with Crippen LogP contribution in [0.4, 0.5) is 4.79 Å². The van der Waals surface area contributed by atoms with E-state index in [1.807, 2.05) is 18.2 Å². The Labute approximate surface area is 175 Å². The van der Waals surface area contributed by atoms with Crippen LogP contribution in [0, 0.1) is 0 Å². The number of amides is 1. The second-order valence-corrected chi connectivity index (χ2v) is 10.8. The third-order valence-electron chi connectivity index (χ3n) is 4.54. The van der Waals surface area contributed by atoms with Crippen LogP contribution in [0.15, 0.2) is 46.0 Å². The molecule has 0 N–H and O–H groups in total. The lowest BCUT2D eigenvalue weighted by Gasteiger charge is -2.41. The van der Waals surface area contributed by atoms with Gasteiger partial charge < -0.3 is 14.4 Å². The Balaban J connectivity index is 1.98. The van der Waals surface area contributed by atoms with Gasteiger partial charge in [0.25, 0.3) is 10.0 Å². The fourth-order valence-electron chi connectivity index (χ4n) is 3.27. The number of nitrogens with zero attached hydrogens (tertiary/aromatic N) is 2. The Bertz CT molecular complexity index is 952. The molecule has 1 fully saturated rings. The van der Waals surface area contributed by atoms with Gasteiger partial charge in [-0.15, -0.1) is 11.3 Å². The van der Waals surface area contributed by atoms with Gasteiger partial charge >= 0.3 is 6.09 Å². The zero-order valence-corrected chi connectivity index (χ0v) is 18.6. The molecule has 0 unspecified atom stereocenters. The van der Waals surface area contributed by atoms with Gasteiger partial charge in [0, 0.05) is 25.2 Å². The van der Waals surface area contributed by atoms with E-state index in [0.29, 0.717) is 11.3 Å². The number of ether oxygens (including phenoxy) is 2. The van der Waals surface area contributed by atoms with Crippen molar-refractivity contribution in [2.24, 2.45) is 0 Å². The zero-order chi connectivity index (χ0) is 21.2. The van der Waals surface area contributed by atoms with Crippen molar-refractivity contribution in [1.29, 1.82) is 0 Å². The SMILES string of the molecule is COc1ccccc1[C@@H]1CN(C(=O)OC(C)(C)C)CCN1S(=O)(=O)c1cccs1. The van der Waals surface area contributed by atoms with Gasteiger partial charge in [-0.25, -0.2) is 13.2 Å². The Morgan fingerprint density at radius 2 is 1.86 bits per heavy atom. The molecule has 0 bridgehead atoms. The maximum absolute atomic E-state index is 13.3. The molecule has 0 aliphatic carbocycles. The molecule has 1 aromatic carbocycles. The summed E-state index contributed by atoms with van der Waals surface area (Å²) in [4.78, 5) is 14.2. The smallest absolute Gasteiger partial charge is 0.410 e. The summed E-state index contributed by atoms with van der Waals surface area (Å²) in [5.41, 5.74) is 0.0837. The van der Waals surface area contributed by atoms with Crippen LogP contribution in [0.25, 0.3) is 0 Å². The van der Waals surface area contributed by atoms with Gasteiger partial charge in [0.05, 0.1) is 13.2 Å². The van der Waals surface area contributed by atoms with E-state index in [9.17, 15) is 13.2 Å². The van der Waals surface area contributed by atoms with E-state index < -0.39 is 27.8 Å². The molecule has 2 aromatic rings. The fourth-order valence-corrected chi connectivity index (χ4v) is 5.97. The number of rotatable bonds is 4. The minimum Gasteiger partial charge on any atom is -0.496 e. The van der Waals surface area contributed by atoms with Gasteiger partial charge in [0.2, 0.25) is 0 Å². The Hall–Kier alpha value is -2.10. The van der Waals surface area contributed by atoms with E-state index in [0.717, 1.165) is 0 Å². The molecule has 1 aliphatic heterocycles. The summed E-state index contributed by atoms with van der Waals surface area (Å²) in [5, 5.41) is 1.74. The average Bonchev–Trinajstić information content (AvgIpc) is 3.22. The Morgan fingerprint density at radius 1 is 1.14 bits per heavy atom. The zero-order valence-electron chi connectivity index (χ0n) is 17.0. The molecule has 29 heavy (non-hydrogen) atoms. The largest absolute Gasteiger partial charge is 0.496 e. The quantitative estimate of drug-likeness (QED) is 0.727. The number of hydrogen-bond acceptors (Lipinski definition) is 6. The second kappa shape index (κ2) is 8.33. The van der Waals surface area contributed by atoms with Gasteiger partial charge in [-0.2, -0.15) is 4.31 Å². The molecule has 0 saturated carbocycles. The molecule has 1 amide bonds. The lowest BCUT2D eigenvalue weighted by Crippen LogP contribution is -2.53. The standard InChI is InChI=1S/C20H26N2O5S2/c1-20(2,3)27-19(23)21-11-12-22(29(24,25)18-10-7-13-28-18)16(14-21)15-8-5-6-9-17(15)26-4/h5-10,13,16H,11-12,14H2,1-4H3/t16-/m0/s1.